The monoisotopic (exact) mass is 421 g/mol. The quantitative estimate of drug-likeness (QED) is 0.650. The summed E-state index contributed by atoms with van der Waals surface area (Å²) in [4.78, 5) is 32.3. The Balaban J connectivity index is 1.98. The van der Waals surface area contributed by atoms with Crippen molar-refractivity contribution in [3.8, 4) is 0 Å². The summed E-state index contributed by atoms with van der Waals surface area (Å²) in [5.74, 6) is 1.69. The number of nitrogens with zero attached hydrogens (tertiary/aromatic N) is 2. The zero-order valence-corrected chi connectivity index (χ0v) is 19.4. The summed E-state index contributed by atoms with van der Waals surface area (Å²) < 4.78 is 5.29. The van der Waals surface area contributed by atoms with Gasteiger partial charge in [-0.1, -0.05) is 12.8 Å². The number of alkyl carbamates (subject to hydrolysis) is 1. The number of carbonyl (C=O) groups excluding carboxylic acids is 2. The van der Waals surface area contributed by atoms with Crippen LogP contribution in [0, 0.1) is 5.92 Å². The molecule has 1 aliphatic rings. The Hall–Kier alpha value is -1.76. The van der Waals surface area contributed by atoms with E-state index in [2.05, 4.69) is 16.4 Å². The predicted molar refractivity (Wildman–Crippen MR) is 117 cm³/mol. The highest BCUT2D eigenvalue weighted by Gasteiger charge is 2.34. The Morgan fingerprint density at radius 2 is 1.90 bits per heavy atom. The molecule has 6 nitrogen and oxygen atoms in total. The van der Waals surface area contributed by atoms with Gasteiger partial charge in [0.05, 0.1) is 12.2 Å². The first-order valence-electron chi connectivity index (χ1n) is 10.3. The van der Waals surface area contributed by atoms with E-state index < -0.39 is 17.2 Å². The minimum atomic E-state index is -1.08. The van der Waals surface area contributed by atoms with E-state index in [0.717, 1.165) is 22.3 Å². The lowest BCUT2D eigenvalue weighted by atomic mass is 10.0. The lowest BCUT2D eigenvalue weighted by Gasteiger charge is -2.31. The molecule has 7 heteroatoms. The van der Waals surface area contributed by atoms with E-state index in [-0.39, 0.29) is 5.91 Å². The Bertz CT molecular complexity index is 709. The van der Waals surface area contributed by atoms with Crippen LogP contribution in [0.1, 0.15) is 66.0 Å². The highest BCUT2D eigenvalue weighted by atomic mass is 32.2. The summed E-state index contributed by atoms with van der Waals surface area (Å²) >= 11 is 1.83. The maximum atomic E-state index is 13.0. The summed E-state index contributed by atoms with van der Waals surface area (Å²) in [6.45, 7) is 9.14. The second kappa shape index (κ2) is 9.83. The number of pyridine rings is 1. The highest BCUT2D eigenvalue weighted by Crippen LogP contribution is 2.32. The van der Waals surface area contributed by atoms with Gasteiger partial charge in [-0.3, -0.25) is 9.78 Å². The Morgan fingerprint density at radius 1 is 1.24 bits per heavy atom. The van der Waals surface area contributed by atoms with E-state index in [1.165, 1.54) is 25.7 Å². The van der Waals surface area contributed by atoms with Crippen molar-refractivity contribution in [1.29, 1.82) is 0 Å². The van der Waals surface area contributed by atoms with Crippen LogP contribution in [0.3, 0.4) is 0 Å². The topological polar surface area (TPSA) is 71.5 Å². The van der Waals surface area contributed by atoms with Gasteiger partial charge in [-0.2, -0.15) is 0 Å². The van der Waals surface area contributed by atoms with Crippen LogP contribution in [0.15, 0.2) is 23.2 Å². The fourth-order valence-electron chi connectivity index (χ4n) is 3.44. The van der Waals surface area contributed by atoms with Crippen molar-refractivity contribution < 1.29 is 14.3 Å². The van der Waals surface area contributed by atoms with E-state index in [0.29, 0.717) is 6.54 Å². The molecule has 1 N–H and O–H groups in total. The summed E-state index contributed by atoms with van der Waals surface area (Å²) in [6, 6.07) is 4.01. The first kappa shape index (κ1) is 23.5. The lowest BCUT2D eigenvalue weighted by molar-refractivity contribution is -0.136. The summed E-state index contributed by atoms with van der Waals surface area (Å²) in [6.07, 6.45) is 6.45. The van der Waals surface area contributed by atoms with Gasteiger partial charge in [0.15, 0.2) is 0 Å². The molecule has 0 aromatic carbocycles. The SMILES string of the molecule is CN(Cc1ncccc1SCC1CCCC1)C(=O)C(C)(C)NC(=O)OC(C)(C)C. The van der Waals surface area contributed by atoms with E-state index in [1.54, 1.807) is 52.8 Å². The minimum absolute atomic E-state index is 0.194. The zero-order chi connectivity index (χ0) is 21.7. The molecule has 0 aliphatic heterocycles. The van der Waals surface area contributed by atoms with Gasteiger partial charge in [0.25, 0.3) is 0 Å². The molecule has 0 saturated heterocycles. The van der Waals surface area contributed by atoms with Gasteiger partial charge in [0.1, 0.15) is 11.1 Å². The van der Waals surface area contributed by atoms with Crippen LogP contribution >= 0.6 is 11.8 Å². The molecule has 1 aromatic rings. The number of hydrogen-bond acceptors (Lipinski definition) is 5. The van der Waals surface area contributed by atoms with Gasteiger partial charge in [-0.25, -0.2) is 4.79 Å². The average Bonchev–Trinajstić information content (AvgIpc) is 3.11. The molecule has 0 atom stereocenters. The van der Waals surface area contributed by atoms with Crippen LogP contribution in [0.5, 0.6) is 0 Å². The maximum absolute atomic E-state index is 13.0. The Morgan fingerprint density at radius 3 is 2.52 bits per heavy atom. The molecule has 1 saturated carbocycles. The number of rotatable bonds is 7. The van der Waals surface area contributed by atoms with Crippen LogP contribution in [0.2, 0.25) is 0 Å². The van der Waals surface area contributed by atoms with Crippen LogP contribution < -0.4 is 5.32 Å². The lowest BCUT2D eigenvalue weighted by Crippen LogP contribution is -2.55. The molecule has 0 unspecified atom stereocenters. The number of thioether (sulfide) groups is 1. The van der Waals surface area contributed by atoms with Gasteiger partial charge in [-0.05, 0) is 65.5 Å². The van der Waals surface area contributed by atoms with Crippen LogP contribution in [0.25, 0.3) is 0 Å². The van der Waals surface area contributed by atoms with Crippen molar-refractivity contribution >= 4 is 23.8 Å². The standard InChI is InChI=1S/C22H35N3O3S/c1-21(2,3)28-20(27)24-22(4,5)19(26)25(6)14-17-18(12-9-13-23-17)29-15-16-10-7-8-11-16/h9,12-13,16H,7-8,10-11,14-15H2,1-6H3,(H,24,27). The highest BCUT2D eigenvalue weighted by molar-refractivity contribution is 7.99. The normalized spacial score (nSPS) is 15.2. The van der Waals surface area contributed by atoms with Crippen molar-refractivity contribution in [3.63, 3.8) is 0 Å². The van der Waals surface area contributed by atoms with Gasteiger partial charge in [-0.15, -0.1) is 11.8 Å². The number of hydrogen-bond donors (Lipinski definition) is 1. The molecule has 0 radical (unpaired) electrons. The number of ether oxygens (including phenoxy) is 1. The Labute approximate surface area is 179 Å². The van der Waals surface area contributed by atoms with E-state index in [9.17, 15) is 9.59 Å². The molecular weight excluding hydrogens is 386 g/mol. The van der Waals surface area contributed by atoms with Gasteiger partial charge < -0.3 is 15.0 Å². The van der Waals surface area contributed by atoms with E-state index >= 15 is 0 Å². The molecule has 1 aliphatic carbocycles. The first-order valence-corrected chi connectivity index (χ1v) is 11.3. The molecule has 0 bridgehead atoms. The van der Waals surface area contributed by atoms with Crippen LogP contribution in [-0.2, 0) is 16.1 Å². The third-order valence-electron chi connectivity index (χ3n) is 4.88. The summed E-state index contributed by atoms with van der Waals surface area (Å²) in [5.41, 5.74) is -0.809. The van der Waals surface area contributed by atoms with Crippen molar-refractivity contribution in [2.45, 2.75) is 82.9 Å². The Kier molecular flexibility index (Phi) is 7.97. The van der Waals surface area contributed by atoms with Crippen molar-refractivity contribution in [2.75, 3.05) is 12.8 Å². The summed E-state index contributed by atoms with van der Waals surface area (Å²) in [5, 5.41) is 2.68. The third kappa shape index (κ3) is 7.53. The van der Waals surface area contributed by atoms with Crippen LogP contribution in [-0.4, -0.2) is 45.8 Å². The van der Waals surface area contributed by atoms with E-state index in [4.69, 9.17) is 4.74 Å². The molecular formula is C22H35N3O3S. The molecule has 0 spiro atoms. The molecule has 2 rings (SSSR count). The number of carbonyl (C=O) groups is 2. The summed E-state index contributed by atoms with van der Waals surface area (Å²) in [7, 11) is 1.74. The maximum Gasteiger partial charge on any atom is 0.408 e. The second-order valence-corrected chi connectivity index (χ2v) is 10.4. The number of aromatic nitrogens is 1. The fourth-order valence-corrected chi connectivity index (χ4v) is 4.65. The number of nitrogens with one attached hydrogen (secondary N) is 1. The van der Waals surface area contributed by atoms with Gasteiger partial charge in [0.2, 0.25) is 5.91 Å². The average molecular weight is 422 g/mol. The van der Waals surface area contributed by atoms with Crippen molar-refractivity contribution in [2.24, 2.45) is 5.92 Å². The van der Waals surface area contributed by atoms with Crippen molar-refractivity contribution in [3.05, 3.63) is 24.0 Å². The van der Waals surface area contributed by atoms with Gasteiger partial charge >= 0.3 is 6.09 Å². The predicted octanol–water partition coefficient (Wildman–Crippen LogP) is 4.63. The molecule has 29 heavy (non-hydrogen) atoms. The number of amides is 2. The number of likely N-dealkylation sites (N-methyl/N-ethyl adjacent to an activating group) is 1. The van der Waals surface area contributed by atoms with Crippen molar-refractivity contribution in [1.82, 2.24) is 15.2 Å². The molecule has 1 aromatic heterocycles. The first-order chi connectivity index (χ1) is 13.5. The molecule has 2 amide bonds. The largest absolute Gasteiger partial charge is 0.444 e. The molecule has 1 fully saturated rings. The van der Waals surface area contributed by atoms with Gasteiger partial charge in [0, 0.05) is 23.9 Å². The zero-order valence-electron chi connectivity index (χ0n) is 18.6. The van der Waals surface area contributed by atoms with Crippen LogP contribution in [0.4, 0.5) is 4.79 Å². The smallest absolute Gasteiger partial charge is 0.408 e. The third-order valence-corrected chi connectivity index (χ3v) is 6.20. The molecule has 162 valence electrons. The van der Waals surface area contributed by atoms with E-state index in [1.807, 2.05) is 17.8 Å². The molecule has 1 heterocycles. The fraction of sp³-hybridized carbons (Fsp3) is 0.682. The minimum Gasteiger partial charge on any atom is -0.444 e. The second-order valence-electron chi connectivity index (χ2n) is 9.32.